The number of methoxy groups -OCH3 is 1. The van der Waals surface area contributed by atoms with Gasteiger partial charge in [0.15, 0.2) is 0 Å². The SMILES string of the molecule is COCCN(c1ccnc(NC(=O)c2ccc(C3CCNCC3)cc2)c1)c1ccc2c(ccn2C)c1. The summed E-state index contributed by atoms with van der Waals surface area (Å²) in [5.41, 5.74) is 5.11. The number of piperidine rings is 1. The van der Waals surface area contributed by atoms with Crippen molar-refractivity contribution in [2.45, 2.75) is 18.8 Å². The lowest BCUT2D eigenvalue weighted by Crippen LogP contribution is -2.26. The summed E-state index contributed by atoms with van der Waals surface area (Å²) in [6.07, 6.45) is 6.07. The van der Waals surface area contributed by atoms with Crippen LogP contribution in [0.5, 0.6) is 0 Å². The van der Waals surface area contributed by atoms with Crippen molar-refractivity contribution in [1.82, 2.24) is 14.9 Å². The first-order chi connectivity index (χ1) is 17.6. The normalized spacial score (nSPS) is 14.2. The van der Waals surface area contributed by atoms with E-state index in [4.69, 9.17) is 4.74 Å². The van der Waals surface area contributed by atoms with Gasteiger partial charge in [0, 0.05) is 67.0 Å². The van der Waals surface area contributed by atoms with Gasteiger partial charge in [-0.1, -0.05) is 12.1 Å². The van der Waals surface area contributed by atoms with E-state index in [1.165, 1.54) is 16.5 Å². The molecule has 3 heterocycles. The molecular weight excluding hydrogens is 450 g/mol. The Morgan fingerprint density at radius 2 is 1.86 bits per heavy atom. The van der Waals surface area contributed by atoms with Crippen LogP contribution in [0.4, 0.5) is 17.2 Å². The Morgan fingerprint density at radius 1 is 1.08 bits per heavy atom. The molecule has 0 bridgehead atoms. The molecule has 0 unspecified atom stereocenters. The van der Waals surface area contributed by atoms with E-state index in [9.17, 15) is 4.79 Å². The molecule has 0 atom stereocenters. The lowest BCUT2D eigenvalue weighted by molar-refractivity contribution is 0.102. The molecular formula is C29H33N5O2. The summed E-state index contributed by atoms with van der Waals surface area (Å²) in [4.78, 5) is 19.6. The summed E-state index contributed by atoms with van der Waals surface area (Å²) in [6, 6.07) is 20.4. The van der Waals surface area contributed by atoms with E-state index >= 15 is 0 Å². The molecule has 0 aliphatic carbocycles. The van der Waals surface area contributed by atoms with Crippen LogP contribution >= 0.6 is 0 Å². The smallest absolute Gasteiger partial charge is 0.256 e. The Balaban J connectivity index is 1.34. The van der Waals surface area contributed by atoms with Crippen molar-refractivity contribution in [2.24, 2.45) is 7.05 Å². The Morgan fingerprint density at radius 3 is 2.64 bits per heavy atom. The molecule has 2 aromatic carbocycles. The number of anilines is 3. The van der Waals surface area contributed by atoms with Crippen LogP contribution in [0.2, 0.25) is 0 Å². The molecule has 0 radical (unpaired) electrons. The molecule has 0 spiro atoms. The monoisotopic (exact) mass is 483 g/mol. The first kappa shape index (κ1) is 24.0. The number of pyridine rings is 1. The maximum absolute atomic E-state index is 13.0. The van der Waals surface area contributed by atoms with Crippen molar-refractivity contribution in [1.29, 1.82) is 0 Å². The van der Waals surface area contributed by atoms with Crippen LogP contribution in [0.15, 0.2) is 73.1 Å². The minimum absolute atomic E-state index is 0.161. The molecule has 1 aliphatic heterocycles. The molecule has 36 heavy (non-hydrogen) atoms. The number of carbonyl (C=O) groups excluding carboxylic acids is 1. The summed E-state index contributed by atoms with van der Waals surface area (Å²) < 4.78 is 7.49. The van der Waals surface area contributed by atoms with Crippen LogP contribution in [-0.4, -0.2) is 48.8 Å². The Hall–Kier alpha value is -3.68. The van der Waals surface area contributed by atoms with Gasteiger partial charge in [-0.15, -0.1) is 0 Å². The van der Waals surface area contributed by atoms with Crippen molar-refractivity contribution in [3.63, 3.8) is 0 Å². The Bertz CT molecular complexity index is 1330. The average Bonchev–Trinajstić information content (AvgIpc) is 3.29. The van der Waals surface area contributed by atoms with Gasteiger partial charge < -0.3 is 24.8 Å². The molecule has 2 N–H and O–H groups in total. The van der Waals surface area contributed by atoms with E-state index in [0.29, 0.717) is 30.5 Å². The van der Waals surface area contributed by atoms with Gasteiger partial charge in [0.2, 0.25) is 0 Å². The van der Waals surface area contributed by atoms with Crippen LogP contribution in [0.3, 0.4) is 0 Å². The lowest BCUT2D eigenvalue weighted by atomic mass is 9.90. The average molecular weight is 484 g/mol. The van der Waals surface area contributed by atoms with E-state index in [2.05, 4.69) is 67.7 Å². The minimum Gasteiger partial charge on any atom is -0.383 e. The zero-order chi connectivity index (χ0) is 24.9. The number of nitrogens with zero attached hydrogens (tertiary/aromatic N) is 3. The van der Waals surface area contributed by atoms with Gasteiger partial charge in [0.05, 0.1) is 6.61 Å². The number of rotatable bonds is 8. The van der Waals surface area contributed by atoms with Crippen molar-refractivity contribution >= 4 is 34.0 Å². The molecule has 1 saturated heterocycles. The summed E-state index contributed by atoms with van der Waals surface area (Å²) in [7, 11) is 3.75. The third-order valence-electron chi connectivity index (χ3n) is 6.98. The third-order valence-corrected chi connectivity index (χ3v) is 6.98. The molecule has 5 rings (SSSR count). The fourth-order valence-corrected chi connectivity index (χ4v) is 4.93. The first-order valence-corrected chi connectivity index (χ1v) is 12.5. The fourth-order valence-electron chi connectivity index (χ4n) is 4.93. The summed E-state index contributed by atoms with van der Waals surface area (Å²) in [5.74, 6) is 0.920. The maximum Gasteiger partial charge on any atom is 0.256 e. The summed E-state index contributed by atoms with van der Waals surface area (Å²) in [6.45, 7) is 3.34. The molecule has 1 fully saturated rings. The number of hydrogen-bond acceptors (Lipinski definition) is 5. The highest BCUT2D eigenvalue weighted by molar-refractivity contribution is 6.04. The molecule has 7 nitrogen and oxygen atoms in total. The molecule has 1 aliphatic rings. The number of aryl methyl sites for hydroxylation is 1. The van der Waals surface area contributed by atoms with Crippen LogP contribution in [0.1, 0.15) is 34.7 Å². The highest BCUT2D eigenvalue weighted by atomic mass is 16.5. The molecule has 1 amide bonds. The number of fused-ring (bicyclic) bond motifs is 1. The van der Waals surface area contributed by atoms with Gasteiger partial charge in [-0.05, 0) is 79.9 Å². The highest BCUT2D eigenvalue weighted by Crippen LogP contribution is 2.30. The molecule has 4 aromatic rings. The fraction of sp³-hybridized carbons (Fsp3) is 0.310. The minimum atomic E-state index is -0.161. The van der Waals surface area contributed by atoms with E-state index in [0.717, 1.165) is 37.3 Å². The van der Waals surface area contributed by atoms with E-state index < -0.39 is 0 Å². The second-order valence-corrected chi connectivity index (χ2v) is 9.31. The molecule has 7 heteroatoms. The van der Waals surface area contributed by atoms with E-state index in [1.54, 1.807) is 13.3 Å². The van der Waals surface area contributed by atoms with Gasteiger partial charge in [-0.2, -0.15) is 0 Å². The predicted molar refractivity (Wildman–Crippen MR) is 145 cm³/mol. The van der Waals surface area contributed by atoms with Crippen LogP contribution in [0.25, 0.3) is 10.9 Å². The largest absolute Gasteiger partial charge is 0.383 e. The van der Waals surface area contributed by atoms with Crippen LogP contribution in [0, 0.1) is 0 Å². The number of amides is 1. The van der Waals surface area contributed by atoms with Crippen molar-refractivity contribution in [3.8, 4) is 0 Å². The number of benzene rings is 2. The number of nitrogens with one attached hydrogen (secondary N) is 2. The maximum atomic E-state index is 13.0. The quantitative estimate of drug-likeness (QED) is 0.366. The summed E-state index contributed by atoms with van der Waals surface area (Å²) in [5, 5.41) is 7.55. The zero-order valence-electron chi connectivity index (χ0n) is 20.9. The second kappa shape index (κ2) is 10.9. The van der Waals surface area contributed by atoms with Gasteiger partial charge in [0.1, 0.15) is 5.82 Å². The molecule has 0 saturated carbocycles. The van der Waals surface area contributed by atoms with Crippen molar-refractivity contribution in [3.05, 3.63) is 84.2 Å². The van der Waals surface area contributed by atoms with Crippen molar-refractivity contribution in [2.75, 3.05) is 43.6 Å². The third kappa shape index (κ3) is 5.27. The Kier molecular flexibility index (Phi) is 7.30. The molecule has 2 aromatic heterocycles. The second-order valence-electron chi connectivity index (χ2n) is 9.31. The topological polar surface area (TPSA) is 71.4 Å². The zero-order valence-corrected chi connectivity index (χ0v) is 20.9. The Labute approximate surface area is 212 Å². The number of carbonyl (C=O) groups is 1. The standard InChI is InChI=1S/C29H33N5O2/c1-33-16-12-24-19-25(7-8-27(24)33)34(17-18-36-2)26-11-15-31-28(20-26)32-29(35)23-5-3-21(4-6-23)22-9-13-30-14-10-22/h3-8,11-12,15-16,19-20,22,30H,9-10,13-14,17-18H2,1-2H3,(H,31,32,35). The van der Waals surface area contributed by atoms with Gasteiger partial charge in [-0.25, -0.2) is 4.98 Å². The predicted octanol–water partition coefficient (Wildman–Crippen LogP) is 5.08. The van der Waals surface area contributed by atoms with Gasteiger partial charge in [-0.3, -0.25) is 4.79 Å². The highest BCUT2D eigenvalue weighted by Gasteiger charge is 2.17. The lowest BCUT2D eigenvalue weighted by Gasteiger charge is -2.25. The number of aromatic nitrogens is 2. The van der Waals surface area contributed by atoms with Crippen LogP contribution in [-0.2, 0) is 11.8 Å². The first-order valence-electron chi connectivity index (χ1n) is 12.5. The summed E-state index contributed by atoms with van der Waals surface area (Å²) >= 11 is 0. The van der Waals surface area contributed by atoms with Crippen molar-refractivity contribution < 1.29 is 9.53 Å². The molecule has 186 valence electrons. The van der Waals surface area contributed by atoms with E-state index in [1.807, 2.05) is 31.3 Å². The van der Waals surface area contributed by atoms with E-state index in [-0.39, 0.29) is 5.91 Å². The number of hydrogen-bond donors (Lipinski definition) is 2. The number of ether oxygens (including phenoxy) is 1. The van der Waals surface area contributed by atoms with Crippen LogP contribution < -0.4 is 15.5 Å². The van der Waals surface area contributed by atoms with Gasteiger partial charge in [0.25, 0.3) is 5.91 Å². The van der Waals surface area contributed by atoms with Gasteiger partial charge >= 0.3 is 0 Å².